The average Bonchev–Trinajstić information content (AvgIpc) is 2.01. The van der Waals surface area contributed by atoms with Crippen molar-refractivity contribution in [1.82, 2.24) is 15.0 Å². The van der Waals surface area contributed by atoms with Crippen LogP contribution in [0, 0.1) is 0 Å². The molecule has 0 fully saturated rings. The molecule has 1 atom stereocenters. The molecule has 0 N–H and O–H groups in total. The largest absolute Gasteiger partial charge is 0.434 e. The van der Waals surface area contributed by atoms with Crippen molar-refractivity contribution in [1.29, 1.82) is 0 Å². The van der Waals surface area contributed by atoms with E-state index in [1.165, 1.54) is 0 Å². The Morgan fingerprint density at radius 1 is 1.21 bits per heavy atom. The molecule has 1 unspecified atom stereocenters. The number of rotatable bonds is 4. The first-order valence-electron chi connectivity index (χ1n) is 3.97. The van der Waals surface area contributed by atoms with E-state index in [4.69, 9.17) is 32.7 Å². The fraction of sp³-hybridized carbons (Fsp3) is 0.571. The standard InChI is InChI=1S/C7H9Cl2N3O2/c1-3-13-4(2)14-7-11-5(8)10-6(9)12-7/h4H,3H2,1-2H3. The minimum absolute atomic E-state index is 0.0105. The molecule has 0 aromatic carbocycles. The highest BCUT2D eigenvalue weighted by Gasteiger charge is 2.08. The Hall–Kier alpha value is -0.650. The Balaban J connectivity index is 2.66. The van der Waals surface area contributed by atoms with Crippen molar-refractivity contribution in [3.05, 3.63) is 10.6 Å². The second-order valence-corrected chi connectivity index (χ2v) is 2.97. The van der Waals surface area contributed by atoms with Crippen molar-refractivity contribution in [3.8, 4) is 6.01 Å². The van der Waals surface area contributed by atoms with Crippen LogP contribution >= 0.6 is 23.2 Å². The molecule has 0 bridgehead atoms. The second-order valence-electron chi connectivity index (χ2n) is 2.30. The second kappa shape index (κ2) is 5.29. The minimum atomic E-state index is -0.450. The SMILES string of the molecule is CCOC(C)Oc1nc(Cl)nc(Cl)n1. The summed E-state index contributed by atoms with van der Waals surface area (Å²) in [6.07, 6.45) is -0.450. The lowest BCUT2D eigenvalue weighted by Crippen LogP contribution is -2.17. The minimum Gasteiger partial charge on any atom is -0.434 e. The molecule has 1 aromatic rings. The number of hydrogen-bond donors (Lipinski definition) is 0. The van der Waals surface area contributed by atoms with E-state index in [-0.39, 0.29) is 16.6 Å². The van der Waals surface area contributed by atoms with Crippen LogP contribution in [0.5, 0.6) is 6.01 Å². The smallest absolute Gasteiger partial charge is 0.324 e. The molecule has 0 spiro atoms. The van der Waals surface area contributed by atoms with E-state index in [2.05, 4.69) is 15.0 Å². The van der Waals surface area contributed by atoms with Crippen LogP contribution < -0.4 is 4.74 Å². The predicted molar refractivity (Wildman–Crippen MR) is 51.6 cm³/mol. The number of ether oxygens (including phenoxy) is 2. The topological polar surface area (TPSA) is 57.1 Å². The van der Waals surface area contributed by atoms with Gasteiger partial charge in [-0.25, -0.2) is 0 Å². The summed E-state index contributed by atoms with van der Waals surface area (Å²) in [5.41, 5.74) is 0. The molecular weight excluding hydrogens is 229 g/mol. The van der Waals surface area contributed by atoms with Crippen LogP contribution in [-0.4, -0.2) is 27.8 Å². The van der Waals surface area contributed by atoms with Crippen molar-refractivity contribution in [2.24, 2.45) is 0 Å². The first-order valence-corrected chi connectivity index (χ1v) is 4.72. The maximum Gasteiger partial charge on any atom is 0.324 e. The molecule has 0 saturated heterocycles. The van der Waals surface area contributed by atoms with E-state index >= 15 is 0 Å². The van der Waals surface area contributed by atoms with Gasteiger partial charge < -0.3 is 9.47 Å². The van der Waals surface area contributed by atoms with Gasteiger partial charge in [-0.1, -0.05) is 0 Å². The Morgan fingerprint density at radius 3 is 2.29 bits per heavy atom. The fourth-order valence-corrected chi connectivity index (χ4v) is 1.13. The lowest BCUT2D eigenvalue weighted by Gasteiger charge is -2.11. The molecule has 0 aliphatic rings. The van der Waals surface area contributed by atoms with E-state index in [0.717, 1.165) is 0 Å². The maximum absolute atomic E-state index is 5.54. The van der Waals surface area contributed by atoms with Crippen LogP contribution in [0.25, 0.3) is 0 Å². The van der Waals surface area contributed by atoms with Crippen molar-refractivity contribution < 1.29 is 9.47 Å². The molecule has 0 amide bonds. The zero-order valence-electron chi connectivity index (χ0n) is 7.70. The molecular formula is C7H9Cl2N3O2. The summed E-state index contributed by atoms with van der Waals surface area (Å²) in [7, 11) is 0. The monoisotopic (exact) mass is 237 g/mol. The van der Waals surface area contributed by atoms with Gasteiger partial charge in [0.25, 0.3) is 0 Å². The van der Waals surface area contributed by atoms with Crippen LogP contribution in [0.2, 0.25) is 10.6 Å². The van der Waals surface area contributed by atoms with Gasteiger partial charge in [-0.15, -0.1) is 0 Å². The van der Waals surface area contributed by atoms with Gasteiger partial charge in [0.1, 0.15) is 0 Å². The van der Waals surface area contributed by atoms with E-state index < -0.39 is 6.29 Å². The summed E-state index contributed by atoms with van der Waals surface area (Å²) in [4.78, 5) is 11.0. The molecule has 1 heterocycles. The van der Waals surface area contributed by atoms with Gasteiger partial charge in [-0.3, -0.25) is 0 Å². The van der Waals surface area contributed by atoms with Gasteiger partial charge in [-0.05, 0) is 37.0 Å². The first-order chi connectivity index (χ1) is 6.61. The summed E-state index contributed by atoms with van der Waals surface area (Å²) < 4.78 is 10.3. The van der Waals surface area contributed by atoms with Crippen molar-refractivity contribution in [2.45, 2.75) is 20.1 Å². The maximum atomic E-state index is 5.54. The highest BCUT2D eigenvalue weighted by Crippen LogP contribution is 2.12. The highest BCUT2D eigenvalue weighted by molar-refractivity contribution is 6.31. The number of nitrogens with zero attached hydrogens (tertiary/aromatic N) is 3. The Kier molecular flexibility index (Phi) is 4.31. The van der Waals surface area contributed by atoms with Crippen molar-refractivity contribution in [3.63, 3.8) is 0 Å². The molecule has 78 valence electrons. The van der Waals surface area contributed by atoms with Crippen LogP contribution in [0.15, 0.2) is 0 Å². The number of hydrogen-bond acceptors (Lipinski definition) is 5. The summed E-state index contributed by atoms with van der Waals surface area (Å²) in [5, 5.41) is -0.0209. The van der Waals surface area contributed by atoms with Crippen LogP contribution in [0.4, 0.5) is 0 Å². The molecule has 1 aromatic heterocycles. The van der Waals surface area contributed by atoms with E-state index in [1.54, 1.807) is 6.92 Å². The quantitative estimate of drug-likeness (QED) is 0.750. The third-order valence-electron chi connectivity index (χ3n) is 1.23. The Labute approximate surface area is 91.4 Å². The Morgan fingerprint density at radius 2 is 1.79 bits per heavy atom. The molecule has 7 heteroatoms. The molecule has 0 saturated carbocycles. The predicted octanol–water partition coefficient (Wildman–Crippen LogP) is 1.94. The summed E-state index contributed by atoms with van der Waals surface area (Å²) in [6.45, 7) is 4.11. The Bertz CT molecular complexity index is 291. The molecule has 5 nitrogen and oxygen atoms in total. The van der Waals surface area contributed by atoms with Crippen LogP contribution in [-0.2, 0) is 4.74 Å². The summed E-state index contributed by atoms with van der Waals surface area (Å²) >= 11 is 11.1. The van der Waals surface area contributed by atoms with Crippen LogP contribution in [0.3, 0.4) is 0 Å². The lowest BCUT2D eigenvalue weighted by molar-refractivity contribution is -0.0662. The third kappa shape index (κ3) is 3.61. The van der Waals surface area contributed by atoms with E-state index in [9.17, 15) is 0 Å². The molecule has 0 radical (unpaired) electrons. The van der Waals surface area contributed by atoms with Gasteiger partial charge in [0.05, 0.1) is 0 Å². The van der Waals surface area contributed by atoms with Gasteiger partial charge in [-0.2, -0.15) is 15.0 Å². The van der Waals surface area contributed by atoms with Gasteiger partial charge >= 0.3 is 6.01 Å². The number of halogens is 2. The fourth-order valence-electron chi connectivity index (χ4n) is 0.779. The zero-order chi connectivity index (χ0) is 10.6. The zero-order valence-corrected chi connectivity index (χ0v) is 9.21. The normalized spacial score (nSPS) is 12.6. The molecule has 14 heavy (non-hydrogen) atoms. The van der Waals surface area contributed by atoms with Crippen molar-refractivity contribution in [2.75, 3.05) is 6.61 Å². The van der Waals surface area contributed by atoms with Gasteiger partial charge in [0, 0.05) is 6.61 Å². The van der Waals surface area contributed by atoms with E-state index in [0.29, 0.717) is 6.61 Å². The molecule has 0 aliphatic carbocycles. The highest BCUT2D eigenvalue weighted by atomic mass is 35.5. The average molecular weight is 238 g/mol. The summed E-state index contributed by atoms with van der Waals surface area (Å²) in [6, 6.07) is 0.0518. The van der Waals surface area contributed by atoms with Crippen LogP contribution in [0.1, 0.15) is 13.8 Å². The van der Waals surface area contributed by atoms with Crippen molar-refractivity contribution >= 4 is 23.2 Å². The van der Waals surface area contributed by atoms with E-state index in [1.807, 2.05) is 6.92 Å². The lowest BCUT2D eigenvalue weighted by atomic mass is 10.7. The first kappa shape index (κ1) is 11.4. The number of aromatic nitrogens is 3. The molecule has 1 rings (SSSR count). The summed E-state index contributed by atoms with van der Waals surface area (Å²) in [5.74, 6) is 0. The van der Waals surface area contributed by atoms with Gasteiger partial charge in [0.15, 0.2) is 6.29 Å². The van der Waals surface area contributed by atoms with Gasteiger partial charge in [0.2, 0.25) is 10.6 Å². The third-order valence-corrected chi connectivity index (χ3v) is 1.57. The molecule has 0 aliphatic heterocycles.